The third kappa shape index (κ3) is 7.35. The number of hydrogen-bond acceptors (Lipinski definition) is 9. The summed E-state index contributed by atoms with van der Waals surface area (Å²) in [6.45, 7) is 0.486. The topological polar surface area (TPSA) is 167 Å². The van der Waals surface area contributed by atoms with Gasteiger partial charge in [0.25, 0.3) is 5.56 Å². The molecule has 14 heteroatoms. The highest BCUT2D eigenvalue weighted by atomic mass is 35.5. The first kappa shape index (κ1) is 35.0. The number of methoxy groups -OCH3 is 1. The quantitative estimate of drug-likeness (QED) is 0.119. The van der Waals surface area contributed by atoms with Gasteiger partial charge in [0.1, 0.15) is 11.7 Å². The highest BCUT2D eigenvalue weighted by Gasteiger charge is 2.21. The molecule has 5 N–H and O–H groups in total. The summed E-state index contributed by atoms with van der Waals surface area (Å²) in [5.41, 5.74) is 5.28. The van der Waals surface area contributed by atoms with E-state index in [2.05, 4.69) is 20.9 Å². The van der Waals surface area contributed by atoms with Gasteiger partial charge in [0, 0.05) is 72.3 Å². The Kier molecular flexibility index (Phi) is 10.8. The summed E-state index contributed by atoms with van der Waals surface area (Å²) in [4.78, 5) is 45.0. The number of amides is 1. The summed E-state index contributed by atoms with van der Waals surface area (Å²) >= 11 is 14.1. The third-order valence-electron chi connectivity index (χ3n) is 8.60. The second-order valence-electron chi connectivity index (χ2n) is 11.8. The van der Waals surface area contributed by atoms with Gasteiger partial charge < -0.3 is 25.6 Å². The molecular formula is C36H34Cl2N6O6. The lowest BCUT2D eigenvalue weighted by atomic mass is 9.97. The van der Waals surface area contributed by atoms with Crippen LogP contribution in [0, 0.1) is 0 Å². The molecule has 1 aliphatic rings. The molecule has 1 amide bonds. The fourth-order valence-electron chi connectivity index (χ4n) is 5.91. The molecule has 0 radical (unpaired) electrons. The van der Waals surface area contributed by atoms with Crippen LogP contribution in [0.5, 0.6) is 5.88 Å². The zero-order chi connectivity index (χ0) is 35.4. The standard InChI is InChI=1S/C36H34Cl2N6O6/c1-50-34-21(15-39-18-23-9-11-31(46)42-23)8-10-28(43-34)27-7-3-6-26(33(27)38)25-5-2-4-24(32(25)37)20-12-13-44-30(14-20)41-17-22(35(44)47)16-40-29(19-45)36(48)49/h2-8,10,12-14,17,23,29,39-40,45H,9,11,15-16,18-19H2,1H3,(H,42,46)(H,48,49)/t23-,29?/m1/s1. The van der Waals surface area contributed by atoms with Crippen LogP contribution >= 0.6 is 23.2 Å². The molecule has 1 unspecified atom stereocenters. The molecular weight excluding hydrogens is 683 g/mol. The van der Waals surface area contributed by atoms with Crippen molar-refractivity contribution in [1.29, 1.82) is 0 Å². The van der Waals surface area contributed by atoms with Gasteiger partial charge in [-0.3, -0.25) is 24.1 Å². The van der Waals surface area contributed by atoms with Crippen LogP contribution in [-0.4, -0.2) is 68.8 Å². The average molecular weight is 718 g/mol. The van der Waals surface area contributed by atoms with Crippen molar-refractivity contribution in [3.63, 3.8) is 0 Å². The lowest BCUT2D eigenvalue weighted by Gasteiger charge is -2.16. The van der Waals surface area contributed by atoms with Crippen molar-refractivity contribution >= 4 is 40.7 Å². The Labute approximate surface area is 297 Å². The number of benzene rings is 2. The molecule has 5 aromatic rings. The predicted molar refractivity (Wildman–Crippen MR) is 190 cm³/mol. The number of halogens is 2. The van der Waals surface area contributed by atoms with E-state index in [1.807, 2.05) is 48.5 Å². The Morgan fingerprint density at radius 1 is 1.02 bits per heavy atom. The van der Waals surface area contributed by atoms with Gasteiger partial charge in [0.2, 0.25) is 11.8 Å². The predicted octanol–water partition coefficient (Wildman–Crippen LogP) is 4.31. The van der Waals surface area contributed by atoms with E-state index >= 15 is 0 Å². The molecule has 0 spiro atoms. The number of aromatic nitrogens is 3. The normalized spacial score (nSPS) is 14.9. The Hall–Kier alpha value is -4.85. The fraction of sp³-hybridized carbons (Fsp3) is 0.250. The van der Waals surface area contributed by atoms with Gasteiger partial charge in [0.05, 0.1) is 35.0 Å². The Balaban J connectivity index is 1.25. The number of carboxylic acid groups (broad SMARTS) is 1. The third-order valence-corrected chi connectivity index (χ3v) is 9.41. The fourth-order valence-corrected chi connectivity index (χ4v) is 6.57. The van der Waals surface area contributed by atoms with E-state index in [1.165, 1.54) is 10.6 Å². The number of nitrogens with one attached hydrogen (secondary N) is 3. The molecule has 0 aliphatic carbocycles. The minimum absolute atomic E-state index is 0.0756. The van der Waals surface area contributed by atoms with Gasteiger partial charge in [-0.25, -0.2) is 9.97 Å². The number of carboxylic acids is 1. The summed E-state index contributed by atoms with van der Waals surface area (Å²) in [5.74, 6) is -0.674. The maximum Gasteiger partial charge on any atom is 0.323 e. The molecule has 50 heavy (non-hydrogen) atoms. The van der Waals surface area contributed by atoms with E-state index in [0.717, 1.165) is 17.5 Å². The Bertz CT molecular complexity index is 2140. The Morgan fingerprint density at radius 2 is 1.74 bits per heavy atom. The van der Waals surface area contributed by atoms with Crippen molar-refractivity contribution in [2.45, 2.75) is 38.0 Å². The summed E-state index contributed by atoms with van der Waals surface area (Å²) < 4.78 is 6.99. The number of pyridine rings is 2. The van der Waals surface area contributed by atoms with Crippen LogP contribution in [0.4, 0.5) is 0 Å². The van der Waals surface area contributed by atoms with Gasteiger partial charge >= 0.3 is 5.97 Å². The summed E-state index contributed by atoms with van der Waals surface area (Å²) in [6.07, 6.45) is 4.34. The first-order valence-corrected chi connectivity index (χ1v) is 16.6. The number of hydrogen-bond donors (Lipinski definition) is 5. The molecule has 3 aromatic heterocycles. The first-order valence-electron chi connectivity index (χ1n) is 15.9. The highest BCUT2D eigenvalue weighted by molar-refractivity contribution is 6.39. The number of nitrogens with zero attached hydrogens (tertiary/aromatic N) is 3. The number of rotatable bonds is 13. The van der Waals surface area contributed by atoms with Crippen LogP contribution in [0.15, 0.2) is 77.9 Å². The number of carbonyl (C=O) groups excluding carboxylic acids is 1. The monoisotopic (exact) mass is 716 g/mol. The van der Waals surface area contributed by atoms with Crippen molar-refractivity contribution in [1.82, 2.24) is 30.3 Å². The van der Waals surface area contributed by atoms with Crippen molar-refractivity contribution in [2.24, 2.45) is 0 Å². The maximum atomic E-state index is 13.1. The van der Waals surface area contributed by atoms with E-state index in [0.29, 0.717) is 69.0 Å². The largest absolute Gasteiger partial charge is 0.481 e. The van der Waals surface area contributed by atoms with Crippen molar-refractivity contribution in [3.05, 3.63) is 105 Å². The second-order valence-corrected chi connectivity index (χ2v) is 12.6. The van der Waals surface area contributed by atoms with E-state index < -0.39 is 18.6 Å². The SMILES string of the molecule is COc1nc(-c2cccc(-c3cccc(-c4ccn5c(=O)c(CNC(CO)C(=O)O)cnc5c4)c3Cl)c2Cl)ccc1CNC[C@H]1CCC(=O)N1. The van der Waals surface area contributed by atoms with E-state index in [4.69, 9.17) is 38.0 Å². The van der Waals surface area contributed by atoms with Crippen LogP contribution in [-0.2, 0) is 22.7 Å². The number of aliphatic hydroxyl groups excluding tert-OH is 1. The zero-order valence-corrected chi connectivity index (χ0v) is 28.5. The van der Waals surface area contributed by atoms with Crippen LogP contribution in [0.3, 0.4) is 0 Å². The van der Waals surface area contributed by atoms with E-state index in [-0.39, 0.29) is 29.6 Å². The molecule has 12 nitrogen and oxygen atoms in total. The van der Waals surface area contributed by atoms with E-state index in [1.54, 1.807) is 25.4 Å². The van der Waals surface area contributed by atoms with Crippen LogP contribution in [0.25, 0.3) is 39.2 Å². The summed E-state index contributed by atoms with van der Waals surface area (Å²) in [5, 5.41) is 28.3. The first-order chi connectivity index (χ1) is 24.2. The van der Waals surface area contributed by atoms with Crippen molar-refractivity contribution in [2.75, 3.05) is 20.3 Å². The average Bonchev–Trinajstić information content (AvgIpc) is 3.54. The number of fused-ring (bicyclic) bond motifs is 1. The molecule has 0 bridgehead atoms. The Morgan fingerprint density at radius 3 is 2.42 bits per heavy atom. The zero-order valence-electron chi connectivity index (χ0n) is 27.0. The van der Waals surface area contributed by atoms with Crippen molar-refractivity contribution in [3.8, 4) is 39.4 Å². The summed E-state index contributed by atoms with van der Waals surface area (Å²) in [7, 11) is 1.57. The van der Waals surface area contributed by atoms with Crippen LogP contribution in [0.1, 0.15) is 24.0 Å². The lowest BCUT2D eigenvalue weighted by molar-refractivity contribution is -0.140. The smallest absolute Gasteiger partial charge is 0.323 e. The van der Waals surface area contributed by atoms with E-state index in [9.17, 15) is 19.5 Å². The van der Waals surface area contributed by atoms with Gasteiger partial charge in [-0.1, -0.05) is 65.7 Å². The molecule has 2 aromatic carbocycles. The molecule has 1 saturated heterocycles. The van der Waals surface area contributed by atoms with Gasteiger partial charge in [-0.15, -0.1) is 0 Å². The number of ether oxygens (including phenoxy) is 1. The maximum absolute atomic E-state index is 13.1. The summed E-state index contributed by atoms with van der Waals surface area (Å²) in [6, 6.07) is 17.5. The molecule has 4 heterocycles. The molecule has 1 aliphatic heterocycles. The highest BCUT2D eigenvalue weighted by Crippen LogP contribution is 2.42. The molecule has 258 valence electrons. The van der Waals surface area contributed by atoms with Gasteiger partial charge in [-0.2, -0.15) is 0 Å². The minimum Gasteiger partial charge on any atom is -0.481 e. The van der Waals surface area contributed by atoms with Crippen molar-refractivity contribution < 1.29 is 24.5 Å². The number of carbonyl (C=O) groups is 2. The molecule has 2 atom stereocenters. The second kappa shape index (κ2) is 15.4. The van der Waals surface area contributed by atoms with Crippen LogP contribution in [0.2, 0.25) is 10.0 Å². The molecule has 0 saturated carbocycles. The molecule has 1 fully saturated rings. The number of aliphatic carboxylic acids is 1. The molecule has 6 rings (SSSR count). The lowest BCUT2D eigenvalue weighted by Crippen LogP contribution is -2.40. The van der Waals surface area contributed by atoms with Crippen LogP contribution < -0.4 is 26.2 Å². The number of aliphatic hydroxyl groups is 1. The van der Waals surface area contributed by atoms with Gasteiger partial charge in [-0.05, 0) is 30.2 Å². The minimum atomic E-state index is -1.22. The van der Waals surface area contributed by atoms with Gasteiger partial charge in [0.15, 0.2) is 0 Å².